The highest BCUT2D eigenvalue weighted by atomic mass is 16.3. The Bertz CT molecular complexity index is 703. The van der Waals surface area contributed by atoms with Crippen LogP contribution in [0.5, 0.6) is 11.5 Å². The lowest BCUT2D eigenvalue weighted by Crippen LogP contribution is -1.92. The van der Waals surface area contributed by atoms with Crippen molar-refractivity contribution in [1.82, 2.24) is 0 Å². The van der Waals surface area contributed by atoms with Gasteiger partial charge in [0.2, 0.25) is 0 Å². The molecule has 0 aliphatic rings. The summed E-state index contributed by atoms with van der Waals surface area (Å²) in [5.74, 6) is 0.754. The molecule has 0 fully saturated rings. The van der Waals surface area contributed by atoms with Gasteiger partial charge in [-0.25, -0.2) is 0 Å². The summed E-state index contributed by atoms with van der Waals surface area (Å²) in [5.41, 5.74) is 8.01. The van der Waals surface area contributed by atoms with Crippen molar-refractivity contribution < 1.29 is 10.2 Å². The van der Waals surface area contributed by atoms with Crippen molar-refractivity contribution in [3.05, 3.63) is 56.6 Å². The second-order valence-corrected chi connectivity index (χ2v) is 6.10. The second-order valence-electron chi connectivity index (χ2n) is 6.10. The van der Waals surface area contributed by atoms with Crippen molar-refractivity contribution in [2.75, 3.05) is 0 Å². The van der Waals surface area contributed by atoms with Crippen LogP contribution in [0, 0.1) is 41.5 Å². The smallest absolute Gasteiger partial charge is 0.121 e. The van der Waals surface area contributed by atoms with Gasteiger partial charge < -0.3 is 10.2 Å². The summed E-state index contributed by atoms with van der Waals surface area (Å²) in [6.07, 6.45) is 4.15. The number of phenolic OH excluding ortho intramolecular Hbond substituents is 2. The van der Waals surface area contributed by atoms with Gasteiger partial charge in [0, 0.05) is 0 Å². The van der Waals surface area contributed by atoms with E-state index >= 15 is 0 Å². The van der Waals surface area contributed by atoms with E-state index < -0.39 is 0 Å². The molecular weight excluding hydrogens is 272 g/mol. The summed E-state index contributed by atoms with van der Waals surface area (Å²) in [6.45, 7) is 11.8. The van der Waals surface area contributed by atoms with Gasteiger partial charge in [-0.15, -0.1) is 0 Å². The number of aryl methyl sites for hydroxylation is 2. The molecule has 2 aromatic carbocycles. The van der Waals surface area contributed by atoms with Crippen LogP contribution in [-0.4, -0.2) is 10.2 Å². The summed E-state index contributed by atoms with van der Waals surface area (Å²) in [4.78, 5) is 0. The van der Waals surface area contributed by atoms with Crippen molar-refractivity contribution in [1.29, 1.82) is 0 Å². The molecule has 0 spiro atoms. The van der Waals surface area contributed by atoms with Crippen LogP contribution in [0.15, 0.2) is 12.1 Å². The van der Waals surface area contributed by atoms with E-state index in [4.69, 9.17) is 0 Å². The number of phenols is 2. The number of benzene rings is 2. The van der Waals surface area contributed by atoms with Crippen LogP contribution in [-0.2, 0) is 0 Å². The van der Waals surface area contributed by atoms with Gasteiger partial charge in [-0.3, -0.25) is 0 Å². The SMILES string of the molecule is Cc1cc(/C=C/c2cc(C)c(O)c(C)c2C)c(C)c(C)c1O. The fraction of sp³-hybridized carbons (Fsp3) is 0.300. The summed E-state index contributed by atoms with van der Waals surface area (Å²) >= 11 is 0. The van der Waals surface area contributed by atoms with E-state index in [9.17, 15) is 10.2 Å². The van der Waals surface area contributed by atoms with Crippen LogP contribution in [0.4, 0.5) is 0 Å². The molecule has 2 aromatic rings. The summed E-state index contributed by atoms with van der Waals surface area (Å²) in [6, 6.07) is 4.01. The van der Waals surface area contributed by atoms with Gasteiger partial charge in [0.25, 0.3) is 0 Å². The van der Waals surface area contributed by atoms with E-state index in [-0.39, 0.29) is 0 Å². The molecule has 0 aromatic heterocycles. The summed E-state index contributed by atoms with van der Waals surface area (Å²) in [5, 5.41) is 20.0. The van der Waals surface area contributed by atoms with Gasteiger partial charge in [0.1, 0.15) is 11.5 Å². The van der Waals surface area contributed by atoms with Crippen LogP contribution in [0.25, 0.3) is 12.2 Å². The average molecular weight is 296 g/mol. The molecule has 2 heteroatoms. The van der Waals surface area contributed by atoms with Gasteiger partial charge in [0.05, 0.1) is 0 Å². The molecule has 0 aliphatic heterocycles. The molecule has 2 nitrogen and oxygen atoms in total. The zero-order valence-electron chi connectivity index (χ0n) is 14.2. The van der Waals surface area contributed by atoms with E-state index in [1.807, 2.05) is 53.7 Å². The van der Waals surface area contributed by atoms with Crippen molar-refractivity contribution in [3.63, 3.8) is 0 Å². The maximum Gasteiger partial charge on any atom is 0.121 e. The van der Waals surface area contributed by atoms with Crippen molar-refractivity contribution in [2.24, 2.45) is 0 Å². The Morgan fingerprint density at radius 1 is 0.591 bits per heavy atom. The van der Waals surface area contributed by atoms with E-state index in [1.165, 1.54) is 0 Å². The minimum Gasteiger partial charge on any atom is -0.507 e. The number of aromatic hydroxyl groups is 2. The third-order valence-corrected chi connectivity index (χ3v) is 4.63. The first-order valence-electron chi connectivity index (χ1n) is 7.51. The lowest BCUT2D eigenvalue weighted by Gasteiger charge is -2.12. The Kier molecular flexibility index (Phi) is 4.32. The third kappa shape index (κ3) is 2.74. The minimum atomic E-state index is 0.377. The highest BCUT2D eigenvalue weighted by Gasteiger charge is 2.09. The van der Waals surface area contributed by atoms with Gasteiger partial charge >= 0.3 is 0 Å². The first-order chi connectivity index (χ1) is 10.2. The molecule has 0 unspecified atom stereocenters. The van der Waals surface area contributed by atoms with Crippen LogP contribution < -0.4 is 0 Å². The highest BCUT2D eigenvalue weighted by Crippen LogP contribution is 2.31. The molecule has 2 rings (SSSR count). The second kappa shape index (κ2) is 5.88. The monoisotopic (exact) mass is 296 g/mol. The molecule has 0 saturated heterocycles. The molecule has 0 aliphatic carbocycles. The molecule has 116 valence electrons. The number of hydrogen-bond acceptors (Lipinski definition) is 2. The molecular formula is C20H24O2. The third-order valence-electron chi connectivity index (χ3n) is 4.63. The average Bonchev–Trinajstić information content (AvgIpc) is 2.49. The first-order valence-corrected chi connectivity index (χ1v) is 7.51. The number of hydrogen-bond donors (Lipinski definition) is 2. The normalized spacial score (nSPS) is 11.4. The van der Waals surface area contributed by atoms with Crippen LogP contribution in [0.3, 0.4) is 0 Å². The van der Waals surface area contributed by atoms with E-state index in [1.54, 1.807) is 0 Å². The lowest BCUT2D eigenvalue weighted by molar-refractivity contribution is 0.466. The largest absolute Gasteiger partial charge is 0.507 e. The molecule has 2 N–H and O–H groups in total. The molecule has 0 saturated carbocycles. The quantitative estimate of drug-likeness (QED) is 0.755. The predicted molar refractivity (Wildman–Crippen MR) is 93.6 cm³/mol. The Labute approximate surface area is 132 Å². The Balaban J connectivity index is 2.51. The Morgan fingerprint density at radius 2 is 0.909 bits per heavy atom. The fourth-order valence-corrected chi connectivity index (χ4v) is 2.73. The number of rotatable bonds is 2. The van der Waals surface area contributed by atoms with Gasteiger partial charge in [-0.2, -0.15) is 0 Å². The van der Waals surface area contributed by atoms with E-state index in [2.05, 4.69) is 12.2 Å². The molecule has 22 heavy (non-hydrogen) atoms. The predicted octanol–water partition coefficient (Wildman–Crippen LogP) is 5.12. The molecule has 0 amide bonds. The van der Waals surface area contributed by atoms with Crippen molar-refractivity contribution >= 4 is 12.2 Å². The van der Waals surface area contributed by atoms with Gasteiger partial charge in [-0.1, -0.05) is 12.2 Å². The highest BCUT2D eigenvalue weighted by molar-refractivity contribution is 5.75. The first kappa shape index (κ1) is 16.2. The van der Waals surface area contributed by atoms with Crippen molar-refractivity contribution in [2.45, 2.75) is 41.5 Å². The summed E-state index contributed by atoms with van der Waals surface area (Å²) in [7, 11) is 0. The van der Waals surface area contributed by atoms with Crippen LogP contribution in [0.2, 0.25) is 0 Å². The zero-order valence-corrected chi connectivity index (χ0v) is 14.2. The molecule has 0 radical (unpaired) electrons. The minimum absolute atomic E-state index is 0.377. The van der Waals surface area contributed by atoms with E-state index in [0.29, 0.717) is 11.5 Å². The summed E-state index contributed by atoms with van der Waals surface area (Å²) < 4.78 is 0. The van der Waals surface area contributed by atoms with Crippen LogP contribution >= 0.6 is 0 Å². The Hall–Kier alpha value is -2.22. The topological polar surface area (TPSA) is 40.5 Å². The Morgan fingerprint density at radius 3 is 1.23 bits per heavy atom. The maximum absolute atomic E-state index is 9.99. The van der Waals surface area contributed by atoms with Crippen LogP contribution in [0.1, 0.15) is 44.5 Å². The maximum atomic E-state index is 9.99. The fourth-order valence-electron chi connectivity index (χ4n) is 2.73. The standard InChI is InChI=1S/C20H24O2/c1-11-9-17(13(3)15(5)19(11)21)7-8-18-10-12(2)20(22)16(6)14(18)4/h7-10,21-22H,1-6H3/b8-7+. The van der Waals surface area contributed by atoms with Gasteiger partial charge in [0.15, 0.2) is 0 Å². The molecule has 0 heterocycles. The molecule has 0 bridgehead atoms. The zero-order chi connectivity index (χ0) is 16.6. The van der Waals surface area contributed by atoms with Crippen molar-refractivity contribution in [3.8, 4) is 11.5 Å². The van der Waals surface area contributed by atoms with Gasteiger partial charge in [-0.05, 0) is 98.2 Å². The molecule has 0 atom stereocenters. The van der Waals surface area contributed by atoms with E-state index in [0.717, 1.165) is 44.5 Å². The lowest BCUT2D eigenvalue weighted by atomic mass is 9.95.